The van der Waals surface area contributed by atoms with E-state index in [4.69, 9.17) is 18.6 Å². The summed E-state index contributed by atoms with van der Waals surface area (Å²) < 4.78 is 26.8. The first-order valence-electron chi connectivity index (χ1n) is 43.3. The van der Waals surface area contributed by atoms with Gasteiger partial charge in [-0.25, -0.2) is 0 Å². The quantitative estimate of drug-likeness (QED) is 0.106. The Morgan fingerprint density at radius 2 is 0.455 bits per heavy atom. The van der Waals surface area contributed by atoms with Gasteiger partial charge in [0.25, 0.3) is 0 Å². The SMILES string of the molecule is Brc1c2ccccc2c(-c2ccccc2)c2ccccc12.Cc1ccc(N2c3ccc(-c4c5ccccc5c(-c5ccccc5)c5ccccc45)cc3CCc3cc(-c4c5ccccc5c(-c5ccccc5)c5ccccc45)ccc32)cc1.Cc1ccc(N2c3ccc(B4OC(C)(C)C(C)(C)O4)cc3CCc3cc(B4OC(C)(C)C(C)(C)O4)ccc32)cc1. The third-order valence-electron chi connectivity index (χ3n) is 26.8. The minimum Gasteiger partial charge on any atom is -0.399 e. The summed E-state index contributed by atoms with van der Waals surface area (Å²) in [4.78, 5) is 4.90. The predicted octanol–water partition coefficient (Wildman–Crippen LogP) is 29.4. The van der Waals surface area contributed by atoms with Gasteiger partial charge < -0.3 is 28.4 Å². The van der Waals surface area contributed by atoms with Crippen molar-refractivity contribution in [3.05, 3.63) is 396 Å². The average molecular weight is 1660 g/mol. The van der Waals surface area contributed by atoms with Crippen LogP contribution >= 0.6 is 15.9 Å². The minimum atomic E-state index is -0.385. The maximum Gasteiger partial charge on any atom is 0.494 e. The molecule has 0 aromatic heterocycles. The molecule has 4 heterocycles. The van der Waals surface area contributed by atoms with E-state index in [1.165, 1.54) is 187 Å². The van der Waals surface area contributed by atoms with Gasteiger partial charge in [0.1, 0.15) is 0 Å². The molecule has 18 aromatic rings. The zero-order valence-corrected chi connectivity index (χ0v) is 73.0. The summed E-state index contributed by atoms with van der Waals surface area (Å²) in [7, 11) is -0.771. The van der Waals surface area contributed by atoms with Crippen LogP contribution in [0.4, 0.5) is 34.1 Å². The molecule has 22 rings (SSSR count). The minimum absolute atomic E-state index is 0.376. The zero-order chi connectivity index (χ0) is 84.0. The Labute approximate surface area is 731 Å². The number of anilines is 6. The second-order valence-corrected chi connectivity index (χ2v) is 36.3. The highest BCUT2D eigenvalue weighted by Gasteiger charge is 2.53. The van der Waals surface area contributed by atoms with Crippen LogP contribution in [-0.2, 0) is 44.3 Å². The maximum absolute atomic E-state index is 6.40. The lowest BCUT2D eigenvalue weighted by Crippen LogP contribution is -2.41. The second-order valence-electron chi connectivity index (χ2n) is 35.5. The van der Waals surface area contributed by atoms with Crippen molar-refractivity contribution in [1.82, 2.24) is 0 Å². The first kappa shape index (κ1) is 79.1. The van der Waals surface area contributed by atoms with Crippen molar-refractivity contribution in [1.29, 1.82) is 0 Å². The number of benzene rings is 18. The zero-order valence-electron chi connectivity index (χ0n) is 71.5. The van der Waals surface area contributed by atoms with E-state index in [0.29, 0.717) is 0 Å². The molecule has 4 aliphatic rings. The Hall–Kier alpha value is -12.4. The van der Waals surface area contributed by atoms with Crippen molar-refractivity contribution in [2.24, 2.45) is 0 Å². The largest absolute Gasteiger partial charge is 0.494 e. The second kappa shape index (κ2) is 31.8. The highest BCUT2D eigenvalue weighted by molar-refractivity contribution is 9.10. The van der Waals surface area contributed by atoms with E-state index in [1.807, 2.05) is 0 Å². The van der Waals surface area contributed by atoms with Gasteiger partial charge >= 0.3 is 14.2 Å². The summed E-state index contributed by atoms with van der Waals surface area (Å²) in [5, 5.41) is 15.3. The normalized spacial score (nSPS) is 15.4. The molecule has 0 aliphatic carbocycles. The van der Waals surface area contributed by atoms with Crippen LogP contribution in [0.15, 0.2) is 362 Å². The van der Waals surface area contributed by atoms with Gasteiger partial charge in [0.2, 0.25) is 0 Å². The van der Waals surface area contributed by atoms with Gasteiger partial charge in [-0.2, -0.15) is 0 Å². The van der Waals surface area contributed by atoms with Crippen LogP contribution in [0.25, 0.3) is 120 Å². The molecule has 2 fully saturated rings. The number of rotatable bonds is 9. The van der Waals surface area contributed by atoms with E-state index in [-0.39, 0.29) is 36.6 Å². The van der Waals surface area contributed by atoms with Crippen LogP contribution in [-0.4, -0.2) is 36.6 Å². The molecule has 0 bridgehead atoms. The van der Waals surface area contributed by atoms with Crippen LogP contribution in [0, 0.1) is 13.8 Å². The molecule has 0 unspecified atom stereocenters. The summed E-state index contributed by atoms with van der Waals surface area (Å²) in [5.74, 6) is 0. The van der Waals surface area contributed by atoms with E-state index in [9.17, 15) is 0 Å². The number of hydrogen-bond acceptors (Lipinski definition) is 6. The third kappa shape index (κ3) is 14.3. The van der Waals surface area contributed by atoms with Gasteiger partial charge in [-0.1, -0.05) is 308 Å². The Kier molecular flexibility index (Phi) is 20.4. The van der Waals surface area contributed by atoms with Gasteiger partial charge in [-0.3, -0.25) is 0 Å². The van der Waals surface area contributed by atoms with Crippen LogP contribution in [0.1, 0.15) is 88.8 Å². The van der Waals surface area contributed by atoms with E-state index in [2.05, 4.69) is 453 Å². The molecular weight excluding hydrogens is 1560 g/mol. The summed E-state index contributed by atoms with van der Waals surface area (Å²) in [5.41, 5.74) is 28.3. The number of fused-ring (bicyclic) bond motifs is 10. The molecule has 9 heteroatoms. The fraction of sp³-hybridized carbons (Fsp3) is 0.158. The molecule has 123 heavy (non-hydrogen) atoms. The molecular formula is C114H97B2BrN2O4. The van der Waals surface area contributed by atoms with Crippen LogP contribution in [0.5, 0.6) is 0 Å². The molecule has 0 saturated carbocycles. The maximum atomic E-state index is 6.40. The van der Waals surface area contributed by atoms with Crippen molar-refractivity contribution in [2.75, 3.05) is 9.80 Å². The molecule has 0 N–H and O–H groups in total. The standard InChI is InChI=1S/C61H43N.C33H41B2NO4.C20H13Br/c1-40-28-34-47(35-29-40)62-56-36-32-45(60-52-24-12-8-20-48(52)58(41-16-4-2-5-17-41)49-21-9-13-25-53(49)60)38-43(56)30-31-44-39-46(33-37-57(44)62)61-54-26-14-10-22-50(54)59(42-18-6-3-7-19-42)51-23-11-15-27-55(51)61;1-22-10-16-27(17-11-22)36-28-18-14-25(34-37-30(2,3)31(4,5)38-34)20-23(28)12-13-24-21-26(15-19-29(24)36)35-39-32(6,7)33(8,9)40-35;21-20-17-12-6-4-10-15(17)19(14-8-2-1-3-9-14)16-11-5-7-13-18(16)20/h2-29,32-39H,30-31H2,1H3;10-11,14-21H,12-13H2,1-9H3;1-13H. The predicted molar refractivity (Wildman–Crippen MR) is 524 cm³/mol. The number of nitrogens with zero attached hydrogens (tertiary/aromatic N) is 2. The molecule has 6 nitrogen and oxygen atoms in total. The first-order chi connectivity index (χ1) is 59.7. The highest BCUT2D eigenvalue weighted by atomic mass is 79.9. The van der Waals surface area contributed by atoms with Crippen LogP contribution in [0.2, 0.25) is 0 Å². The van der Waals surface area contributed by atoms with Gasteiger partial charge in [0.05, 0.1) is 22.4 Å². The monoisotopic (exact) mass is 1660 g/mol. The molecule has 0 atom stereocenters. The Bertz CT molecular complexity index is 6630. The van der Waals surface area contributed by atoms with Crippen molar-refractivity contribution in [2.45, 2.75) is 117 Å². The summed E-state index contributed by atoms with van der Waals surface area (Å²) >= 11 is 3.79. The van der Waals surface area contributed by atoms with Gasteiger partial charge in [0.15, 0.2) is 0 Å². The van der Waals surface area contributed by atoms with E-state index >= 15 is 0 Å². The average Bonchev–Trinajstić information content (AvgIpc) is 1.02. The fourth-order valence-corrected chi connectivity index (χ4v) is 19.8. The van der Waals surface area contributed by atoms with Crippen LogP contribution < -0.4 is 20.7 Å². The number of hydrogen-bond donors (Lipinski definition) is 0. The Morgan fingerprint density at radius 3 is 0.724 bits per heavy atom. The van der Waals surface area contributed by atoms with Crippen molar-refractivity contribution in [3.8, 4) is 55.6 Å². The number of aryl methyl sites for hydroxylation is 6. The van der Waals surface area contributed by atoms with Gasteiger partial charge in [-0.15, -0.1) is 0 Å². The Morgan fingerprint density at radius 1 is 0.236 bits per heavy atom. The summed E-state index contributed by atoms with van der Waals surface area (Å²) in [6.45, 7) is 21.1. The fourth-order valence-electron chi connectivity index (χ4n) is 19.1. The first-order valence-corrected chi connectivity index (χ1v) is 44.1. The molecule has 0 radical (unpaired) electrons. The molecule has 0 amide bonds. The lowest BCUT2D eigenvalue weighted by Gasteiger charge is -2.32. The number of halogens is 1. The summed E-state index contributed by atoms with van der Waals surface area (Å²) in [6, 6.07) is 131. The summed E-state index contributed by atoms with van der Waals surface area (Å²) in [6.07, 6.45) is 3.67. The van der Waals surface area contributed by atoms with E-state index in [0.717, 1.165) is 42.3 Å². The molecule has 0 spiro atoms. The topological polar surface area (TPSA) is 43.4 Å². The molecule has 18 aromatic carbocycles. The van der Waals surface area contributed by atoms with E-state index < -0.39 is 0 Å². The van der Waals surface area contributed by atoms with Crippen molar-refractivity contribution < 1.29 is 18.6 Å². The Balaban J connectivity index is 0.000000133. The van der Waals surface area contributed by atoms with Crippen molar-refractivity contribution in [3.63, 3.8) is 0 Å². The van der Waals surface area contributed by atoms with Gasteiger partial charge in [-0.05, 0) is 325 Å². The lowest BCUT2D eigenvalue weighted by atomic mass is 9.77. The third-order valence-corrected chi connectivity index (χ3v) is 27.6. The molecule has 4 aliphatic heterocycles. The van der Waals surface area contributed by atoms with Crippen molar-refractivity contribution >= 4 is 140 Å². The molecule has 2 saturated heterocycles. The molecule has 600 valence electrons. The smallest absolute Gasteiger partial charge is 0.399 e. The lowest BCUT2D eigenvalue weighted by molar-refractivity contribution is 0.00578. The van der Waals surface area contributed by atoms with Gasteiger partial charge in [0, 0.05) is 38.6 Å². The van der Waals surface area contributed by atoms with E-state index in [1.54, 1.807) is 0 Å². The van der Waals surface area contributed by atoms with Crippen LogP contribution in [0.3, 0.4) is 0 Å². The highest BCUT2D eigenvalue weighted by Crippen LogP contribution is 2.52.